The molecule has 0 spiro atoms. The number of amides is 1. The number of ketones is 1. The molecule has 1 aliphatic rings. The molecule has 11 heteroatoms. The number of nitrogens with zero attached hydrogens (tertiary/aromatic N) is 1. The number of methoxy groups -OCH3 is 1. The van der Waals surface area contributed by atoms with Crippen LogP contribution in [0.2, 0.25) is 0 Å². The fourth-order valence-corrected chi connectivity index (χ4v) is 4.29. The second-order valence-corrected chi connectivity index (χ2v) is 8.36. The third-order valence-corrected chi connectivity index (χ3v) is 5.87. The van der Waals surface area contributed by atoms with Crippen molar-refractivity contribution in [3.63, 3.8) is 0 Å². The second-order valence-electron chi connectivity index (χ2n) is 7.51. The van der Waals surface area contributed by atoms with E-state index in [0.29, 0.717) is 16.0 Å². The molecule has 0 saturated carbocycles. The van der Waals surface area contributed by atoms with E-state index >= 15 is 0 Å². The first-order chi connectivity index (χ1) is 16.5. The van der Waals surface area contributed by atoms with E-state index in [-0.39, 0.29) is 22.6 Å². The Bertz CT molecular complexity index is 1330. The number of aryl methyl sites for hydroxylation is 1. The maximum Gasteiger partial charge on any atom is 0.573 e. The highest BCUT2D eigenvalue weighted by Crippen LogP contribution is 2.43. The Labute approximate surface area is 205 Å². The highest BCUT2D eigenvalue weighted by atomic mass is 79.9. The minimum atomic E-state index is -4.89. The van der Waals surface area contributed by atoms with Crippen molar-refractivity contribution in [3.05, 3.63) is 81.7 Å². The van der Waals surface area contributed by atoms with Crippen LogP contribution in [0.1, 0.15) is 23.1 Å². The Kier molecular flexibility index (Phi) is 6.37. The van der Waals surface area contributed by atoms with Crippen molar-refractivity contribution < 1.29 is 41.8 Å². The molecular formula is C24H17BrF3NO6. The maximum absolute atomic E-state index is 13.1. The number of Topliss-reactive ketones (excluding diaryl/α,β-unsaturated/α-hetero) is 1. The zero-order valence-corrected chi connectivity index (χ0v) is 19.8. The molecule has 2 aromatic carbocycles. The largest absolute Gasteiger partial charge is 0.573 e. The molecule has 0 bridgehead atoms. The number of carbonyl (C=O) groups excluding carboxylic acids is 2. The third-order valence-electron chi connectivity index (χ3n) is 5.25. The topological polar surface area (TPSA) is 89.2 Å². The van der Waals surface area contributed by atoms with E-state index < -0.39 is 35.6 Å². The van der Waals surface area contributed by atoms with E-state index in [1.807, 2.05) is 0 Å². The molecular weight excluding hydrogens is 535 g/mol. The van der Waals surface area contributed by atoms with Gasteiger partial charge in [-0.2, -0.15) is 0 Å². The molecule has 0 radical (unpaired) electrons. The predicted molar refractivity (Wildman–Crippen MR) is 122 cm³/mol. The number of halogens is 4. The number of benzene rings is 2. The van der Waals surface area contributed by atoms with Crippen LogP contribution < -0.4 is 14.4 Å². The average molecular weight is 552 g/mol. The number of furan rings is 1. The summed E-state index contributed by atoms with van der Waals surface area (Å²) in [4.78, 5) is 27.2. The molecule has 1 amide bonds. The highest BCUT2D eigenvalue weighted by molar-refractivity contribution is 9.10. The van der Waals surface area contributed by atoms with Gasteiger partial charge in [-0.1, -0.05) is 0 Å². The van der Waals surface area contributed by atoms with Gasteiger partial charge in [-0.3, -0.25) is 14.5 Å². The Morgan fingerprint density at radius 2 is 1.77 bits per heavy atom. The van der Waals surface area contributed by atoms with Crippen LogP contribution in [0.15, 0.2) is 69.1 Å². The van der Waals surface area contributed by atoms with Gasteiger partial charge < -0.3 is 19.0 Å². The van der Waals surface area contributed by atoms with Crippen molar-refractivity contribution in [2.75, 3.05) is 12.0 Å². The molecule has 1 N–H and O–H groups in total. The van der Waals surface area contributed by atoms with Crippen molar-refractivity contribution in [1.29, 1.82) is 0 Å². The lowest BCUT2D eigenvalue weighted by atomic mass is 9.99. The van der Waals surface area contributed by atoms with Crippen LogP contribution in [0, 0.1) is 6.92 Å². The van der Waals surface area contributed by atoms with Crippen LogP contribution >= 0.6 is 15.9 Å². The number of alkyl halides is 3. The monoisotopic (exact) mass is 551 g/mol. The van der Waals surface area contributed by atoms with Crippen LogP contribution in [0.25, 0.3) is 5.76 Å². The molecule has 1 aromatic heterocycles. The van der Waals surface area contributed by atoms with Crippen LogP contribution in [0.5, 0.6) is 11.5 Å². The van der Waals surface area contributed by atoms with Gasteiger partial charge in [0.1, 0.15) is 34.8 Å². The number of anilines is 1. The maximum atomic E-state index is 13.1. The minimum absolute atomic E-state index is 0.107. The van der Waals surface area contributed by atoms with E-state index in [4.69, 9.17) is 9.15 Å². The summed E-state index contributed by atoms with van der Waals surface area (Å²) < 4.78 is 52.8. The molecule has 7 nitrogen and oxygen atoms in total. The number of carbonyl (C=O) groups is 2. The first-order valence-corrected chi connectivity index (χ1v) is 10.9. The fourth-order valence-electron chi connectivity index (χ4n) is 3.75. The van der Waals surface area contributed by atoms with Gasteiger partial charge in [0.15, 0.2) is 0 Å². The standard InChI is InChI=1S/C24H17BrF3NO6/c1-12-3-9-18(34-12)20-19(21(30)13-4-10-17(33-2)16(25)11-13)22(31)23(32)29(20)14-5-7-15(8-6-14)35-24(26,27)28/h3-11,20,30H,1-2H3/b21-19-. The van der Waals surface area contributed by atoms with Gasteiger partial charge in [-0.15, -0.1) is 13.2 Å². The SMILES string of the molecule is COc1ccc(/C(O)=C2/C(=O)C(=O)N(c3ccc(OC(F)(F)F)cc3)C2c2ccc(C)o2)cc1Br. The number of hydrogen-bond acceptors (Lipinski definition) is 6. The van der Waals surface area contributed by atoms with Crippen molar-refractivity contribution >= 4 is 39.1 Å². The molecule has 1 saturated heterocycles. The van der Waals surface area contributed by atoms with Crippen LogP contribution in [0.3, 0.4) is 0 Å². The Balaban J connectivity index is 1.84. The summed E-state index contributed by atoms with van der Waals surface area (Å²) >= 11 is 3.32. The number of aliphatic hydroxyl groups is 1. The van der Waals surface area contributed by atoms with Gasteiger partial charge in [0, 0.05) is 11.3 Å². The van der Waals surface area contributed by atoms with Gasteiger partial charge in [-0.05, 0) is 77.5 Å². The zero-order chi connectivity index (χ0) is 25.5. The van der Waals surface area contributed by atoms with Crippen molar-refractivity contribution in [2.45, 2.75) is 19.3 Å². The molecule has 1 aliphatic heterocycles. The highest BCUT2D eigenvalue weighted by Gasteiger charge is 2.48. The smallest absolute Gasteiger partial charge is 0.507 e. The van der Waals surface area contributed by atoms with E-state index in [2.05, 4.69) is 20.7 Å². The summed E-state index contributed by atoms with van der Waals surface area (Å²) in [5.41, 5.74) is 0.102. The summed E-state index contributed by atoms with van der Waals surface area (Å²) in [5, 5.41) is 11.1. The minimum Gasteiger partial charge on any atom is -0.507 e. The summed E-state index contributed by atoms with van der Waals surface area (Å²) in [7, 11) is 1.47. The molecule has 4 rings (SSSR count). The zero-order valence-electron chi connectivity index (χ0n) is 18.2. The summed E-state index contributed by atoms with van der Waals surface area (Å²) in [6.45, 7) is 1.67. The summed E-state index contributed by atoms with van der Waals surface area (Å²) in [6.07, 6.45) is -4.89. The molecule has 3 aromatic rings. The van der Waals surface area contributed by atoms with Crippen LogP contribution in [-0.2, 0) is 9.59 Å². The average Bonchev–Trinajstić information content (AvgIpc) is 3.33. The van der Waals surface area contributed by atoms with Crippen LogP contribution in [0.4, 0.5) is 18.9 Å². The number of rotatable bonds is 5. The molecule has 2 heterocycles. The lowest BCUT2D eigenvalue weighted by molar-refractivity contribution is -0.274. The molecule has 1 atom stereocenters. The summed E-state index contributed by atoms with van der Waals surface area (Å²) in [5.74, 6) is -1.75. The Hall–Kier alpha value is -3.73. The third kappa shape index (κ3) is 4.76. The van der Waals surface area contributed by atoms with Gasteiger partial charge in [0.25, 0.3) is 11.7 Å². The van der Waals surface area contributed by atoms with E-state index in [1.165, 1.54) is 31.4 Å². The number of hydrogen-bond donors (Lipinski definition) is 1. The number of aliphatic hydroxyl groups excluding tert-OH is 1. The number of ether oxygens (including phenoxy) is 2. The molecule has 182 valence electrons. The van der Waals surface area contributed by atoms with Gasteiger partial charge in [0.2, 0.25) is 0 Å². The van der Waals surface area contributed by atoms with E-state index in [1.54, 1.807) is 25.1 Å². The fraction of sp³-hybridized carbons (Fsp3) is 0.167. The first-order valence-electron chi connectivity index (χ1n) is 10.1. The molecule has 1 fully saturated rings. The van der Waals surface area contributed by atoms with Gasteiger partial charge in [-0.25, -0.2) is 0 Å². The van der Waals surface area contributed by atoms with Crippen molar-refractivity contribution in [3.8, 4) is 11.5 Å². The van der Waals surface area contributed by atoms with E-state index in [9.17, 15) is 27.9 Å². The molecule has 35 heavy (non-hydrogen) atoms. The lowest BCUT2D eigenvalue weighted by Gasteiger charge is -2.23. The quantitative estimate of drug-likeness (QED) is 0.242. The summed E-state index contributed by atoms with van der Waals surface area (Å²) in [6, 6.07) is 11.1. The first kappa shape index (κ1) is 24.4. The molecule has 1 unspecified atom stereocenters. The second kappa shape index (κ2) is 9.14. The van der Waals surface area contributed by atoms with Gasteiger partial charge >= 0.3 is 6.36 Å². The van der Waals surface area contributed by atoms with Crippen LogP contribution in [-0.4, -0.2) is 30.3 Å². The lowest BCUT2D eigenvalue weighted by Crippen LogP contribution is -2.29. The Morgan fingerprint density at radius 3 is 2.31 bits per heavy atom. The van der Waals surface area contributed by atoms with Crippen molar-refractivity contribution in [1.82, 2.24) is 0 Å². The van der Waals surface area contributed by atoms with Gasteiger partial charge in [0.05, 0.1) is 17.2 Å². The normalized spacial score (nSPS) is 17.7. The van der Waals surface area contributed by atoms with Crippen molar-refractivity contribution in [2.24, 2.45) is 0 Å². The predicted octanol–water partition coefficient (Wildman–Crippen LogP) is 5.88. The molecule has 0 aliphatic carbocycles. The van der Waals surface area contributed by atoms with E-state index in [0.717, 1.165) is 17.0 Å². The Morgan fingerprint density at radius 1 is 1.09 bits per heavy atom.